The van der Waals surface area contributed by atoms with E-state index in [9.17, 15) is 18.0 Å². The van der Waals surface area contributed by atoms with Gasteiger partial charge in [-0.2, -0.15) is 0 Å². The Morgan fingerprint density at radius 3 is 2.33 bits per heavy atom. The Kier molecular flexibility index (Phi) is 3.12. The van der Waals surface area contributed by atoms with Gasteiger partial charge in [0.1, 0.15) is 18.6 Å². The molecule has 0 amide bonds. The first-order chi connectivity index (χ1) is 5.65. The molecular formula is C8H11F3O. The van der Waals surface area contributed by atoms with Crippen LogP contribution in [0.2, 0.25) is 0 Å². The summed E-state index contributed by atoms with van der Waals surface area (Å²) < 4.78 is 38.1. The number of alkyl halides is 3. The first-order valence-corrected chi connectivity index (χ1v) is 4.02. The van der Waals surface area contributed by atoms with E-state index in [0.717, 1.165) is 0 Å². The van der Waals surface area contributed by atoms with Gasteiger partial charge in [0.25, 0.3) is 0 Å². The molecule has 1 aliphatic carbocycles. The minimum absolute atomic E-state index is 0.0506. The lowest BCUT2D eigenvalue weighted by Crippen LogP contribution is -2.26. The number of carbonyl (C=O) groups is 1. The number of carbonyl (C=O) groups excluding carboxylic acids is 1. The van der Waals surface area contributed by atoms with Crippen molar-refractivity contribution in [2.45, 2.75) is 37.8 Å². The van der Waals surface area contributed by atoms with Crippen LogP contribution in [0.4, 0.5) is 13.2 Å². The van der Waals surface area contributed by atoms with Gasteiger partial charge in [0.2, 0.25) is 0 Å². The van der Waals surface area contributed by atoms with E-state index in [1.54, 1.807) is 0 Å². The zero-order chi connectivity index (χ0) is 9.14. The molecule has 4 atom stereocenters. The molecule has 1 saturated carbocycles. The van der Waals surface area contributed by atoms with Gasteiger partial charge >= 0.3 is 0 Å². The molecule has 1 nitrogen and oxygen atoms in total. The third-order valence-electron chi connectivity index (χ3n) is 2.22. The Morgan fingerprint density at radius 1 is 1.08 bits per heavy atom. The Morgan fingerprint density at radius 2 is 1.75 bits per heavy atom. The zero-order valence-electron chi connectivity index (χ0n) is 6.55. The molecule has 0 N–H and O–H groups in total. The Labute approximate surface area is 68.9 Å². The molecule has 0 heterocycles. The maximum Gasteiger partial charge on any atom is 0.162 e. The average Bonchev–Trinajstić information content (AvgIpc) is 2.19. The van der Waals surface area contributed by atoms with E-state index >= 15 is 0 Å². The average molecular weight is 180 g/mol. The van der Waals surface area contributed by atoms with Crippen molar-refractivity contribution < 1.29 is 18.0 Å². The predicted octanol–water partition coefficient (Wildman–Crippen LogP) is 2.00. The van der Waals surface area contributed by atoms with Crippen LogP contribution in [0, 0.1) is 5.92 Å². The first kappa shape index (κ1) is 9.55. The highest BCUT2D eigenvalue weighted by atomic mass is 19.2. The summed E-state index contributed by atoms with van der Waals surface area (Å²) in [6.45, 7) is 0. The topological polar surface area (TPSA) is 17.1 Å². The van der Waals surface area contributed by atoms with E-state index in [-0.39, 0.29) is 19.3 Å². The highest BCUT2D eigenvalue weighted by Gasteiger charge is 2.35. The summed E-state index contributed by atoms with van der Waals surface area (Å²) in [5.74, 6) is -0.515. The van der Waals surface area contributed by atoms with Crippen molar-refractivity contribution in [3.05, 3.63) is 0 Å². The smallest absolute Gasteiger partial charge is 0.162 e. The van der Waals surface area contributed by atoms with Gasteiger partial charge in [-0.3, -0.25) is 0 Å². The number of aldehydes is 1. The van der Waals surface area contributed by atoms with Crippen LogP contribution in [-0.2, 0) is 4.79 Å². The lowest BCUT2D eigenvalue weighted by Gasteiger charge is -2.12. The van der Waals surface area contributed by atoms with Crippen LogP contribution in [0.3, 0.4) is 0 Å². The molecule has 0 aromatic heterocycles. The van der Waals surface area contributed by atoms with Crippen LogP contribution in [0.15, 0.2) is 0 Å². The monoisotopic (exact) mass is 180 g/mol. The quantitative estimate of drug-likeness (QED) is 0.445. The normalized spacial score (nSPS) is 43.6. The maximum absolute atomic E-state index is 12.8. The molecule has 1 rings (SSSR count). The van der Waals surface area contributed by atoms with E-state index in [1.165, 1.54) is 0 Å². The third-order valence-corrected chi connectivity index (χ3v) is 2.22. The largest absolute Gasteiger partial charge is 0.303 e. The fraction of sp³-hybridized carbons (Fsp3) is 0.875. The van der Waals surface area contributed by atoms with Crippen LogP contribution in [0.25, 0.3) is 0 Å². The molecule has 0 saturated heterocycles. The summed E-state index contributed by atoms with van der Waals surface area (Å²) in [4.78, 5) is 10.3. The maximum atomic E-state index is 12.8. The van der Waals surface area contributed by atoms with Crippen LogP contribution in [-0.4, -0.2) is 24.8 Å². The van der Waals surface area contributed by atoms with E-state index < -0.39 is 24.4 Å². The van der Waals surface area contributed by atoms with Crippen LogP contribution in [0.1, 0.15) is 19.3 Å². The van der Waals surface area contributed by atoms with Gasteiger partial charge in [-0.05, 0) is 19.3 Å². The Hall–Kier alpha value is -0.540. The van der Waals surface area contributed by atoms with E-state index in [4.69, 9.17) is 0 Å². The number of hydrogen-bond acceptors (Lipinski definition) is 1. The first-order valence-electron chi connectivity index (χ1n) is 4.02. The van der Waals surface area contributed by atoms with Crippen LogP contribution >= 0.6 is 0 Å². The highest BCUT2D eigenvalue weighted by Crippen LogP contribution is 2.28. The van der Waals surface area contributed by atoms with Gasteiger partial charge in [-0.1, -0.05) is 0 Å². The highest BCUT2D eigenvalue weighted by molar-refractivity contribution is 5.53. The molecule has 1 fully saturated rings. The van der Waals surface area contributed by atoms with Crippen molar-refractivity contribution in [2.24, 2.45) is 5.92 Å². The number of halogens is 3. The van der Waals surface area contributed by atoms with Crippen molar-refractivity contribution in [1.82, 2.24) is 0 Å². The zero-order valence-corrected chi connectivity index (χ0v) is 6.55. The van der Waals surface area contributed by atoms with Gasteiger partial charge in [-0.15, -0.1) is 0 Å². The molecule has 0 bridgehead atoms. The summed E-state index contributed by atoms with van der Waals surface area (Å²) in [5, 5.41) is 0. The lowest BCUT2D eigenvalue weighted by atomic mass is 10.0. The van der Waals surface area contributed by atoms with Crippen molar-refractivity contribution in [2.75, 3.05) is 0 Å². The molecule has 70 valence electrons. The lowest BCUT2D eigenvalue weighted by molar-refractivity contribution is -0.111. The minimum atomic E-state index is -2.05. The van der Waals surface area contributed by atoms with Crippen molar-refractivity contribution in [3.63, 3.8) is 0 Å². The van der Waals surface area contributed by atoms with E-state index in [0.29, 0.717) is 6.29 Å². The van der Waals surface area contributed by atoms with Crippen LogP contribution in [0.5, 0.6) is 0 Å². The molecule has 0 spiro atoms. The van der Waals surface area contributed by atoms with Gasteiger partial charge in [0.15, 0.2) is 6.17 Å². The van der Waals surface area contributed by atoms with Gasteiger partial charge < -0.3 is 4.79 Å². The Bertz CT molecular complexity index is 162. The second kappa shape index (κ2) is 3.92. The summed E-state index contributed by atoms with van der Waals surface area (Å²) in [5.41, 5.74) is 0. The van der Waals surface area contributed by atoms with Crippen molar-refractivity contribution in [1.29, 1.82) is 0 Å². The predicted molar refractivity (Wildman–Crippen MR) is 38.1 cm³/mol. The van der Waals surface area contributed by atoms with E-state index in [1.807, 2.05) is 0 Å². The molecule has 0 radical (unpaired) electrons. The second-order valence-electron chi connectivity index (χ2n) is 3.19. The summed E-state index contributed by atoms with van der Waals surface area (Å²) in [6, 6.07) is 0. The standard InChI is InChI=1S/C8H11F3O/c9-6-2-1-5(4-12)3-7(10)8(6)11/h4-8H,1-3H2. The molecule has 12 heavy (non-hydrogen) atoms. The van der Waals surface area contributed by atoms with E-state index in [2.05, 4.69) is 0 Å². The molecule has 4 unspecified atom stereocenters. The molecule has 0 aromatic rings. The third kappa shape index (κ3) is 1.99. The Balaban J connectivity index is 2.58. The van der Waals surface area contributed by atoms with Crippen LogP contribution < -0.4 is 0 Å². The summed E-state index contributed by atoms with van der Waals surface area (Å²) in [7, 11) is 0. The van der Waals surface area contributed by atoms with Gasteiger partial charge in [0, 0.05) is 5.92 Å². The van der Waals surface area contributed by atoms with Crippen molar-refractivity contribution >= 4 is 6.29 Å². The molecule has 4 heteroatoms. The summed E-state index contributed by atoms with van der Waals surface area (Å²) >= 11 is 0. The van der Waals surface area contributed by atoms with Gasteiger partial charge in [0.05, 0.1) is 0 Å². The van der Waals surface area contributed by atoms with Crippen molar-refractivity contribution in [3.8, 4) is 0 Å². The minimum Gasteiger partial charge on any atom is -0.303 e. The fourth-order valence-corrected chi connectivity index (χ4v) is 1.42. The molecular weight excluding hydrogens is 169 g/mol. The SMILES string of the molecule is O=CC1CCC(F)C(F)C(F)C1. The summed E-state index contributed by atoms with van der Waals surface area (Å²) in [6.07, 6.45) is -5.00. The number of hydrogen-bond donors (Lipinski definition) is 0. The molecule has 1 aliphatic rings. The number of rotatable bonds is 1. The van der Waals surface area contributed by atoms with Gasteiger partial charge in [-0.25, -0.2) is 13.2 Å². The molecule has 0 aromatic carbocycles. The fourth-order valence-electron chi connectivity index (χ4n) is 1.42. The second-order valence-corrected chi connectivity index (χ2v) is 3.19. The molecule has 0 aliphatic heterocycles.